The zero-order valence-electron chi connectivity index (χ0n) is 16.6. The molecule has 0 bridgehead atoms. The van der Waals surface area contributed by atoms with Gasteiger partial charge in [0, 0.05) is 34.4 Å². The van der Waals surface area contributed by atoms with Crippen LogP contribution in [0.5, 0.6) is 0 Å². The van der Waals surface area contributed by atoms with Crippen LogP contribution in [0, 0.1) is 6.92 Å². The van der Waals surface area contributed by atoms with Gasteiger partial charge in [0.2, 0.25) is 0 Å². The number of carbonyl (C=O) groups excluding carboxylic acids is 1. The average Bonchev–Trinajstić information content (AvgIpc) is 3.05. The van der Waals surface area contributed by atoms with Crippen molar-refractivity contribution in [2.45, 2.75) is 91.0 Å². The van der Waals surface area contributed by atoms with E-state index in [0.29, 0.717) is 12.1 Å². The van der Waals surface area contributed by atoms with Gasteiger partial charge < -0.3 is 15.0 Å². The number of hydrogen-bond acceptors (Lipinski definition) is 4. The second kappa shape index (κ2) is 8.54. The molecule has 5 heteroatoms. The Morgan fingerprint density at radius 1 is 1.36 bits per heavy atom. The minimum absolute atomic E-state index is 0.163. The quantitative estimate of drug-likeness (QED) is 0.789. The maximum Gasteiger partial charge on any atom is 0.410 e. The molecular formula is C20H34N2O2S. The smallest absolute Gasteiger partial charge is 0.410 e. The van der Waals surface area contributed by atoms with Crippen molar-refractivity contribution < 1.29 is 9.53 Å². The van der Waals surface area contributed by atoms with Crippen molar-refractivity contribution in [2.75, 3.05) is 6.54 Å². The Kier molecular flexibility index (Phi) is 6.92. The van der Waals surface area contributed by atoms with Crippen molar-refractivity contribution in [3.8, 4) is 0 Å². The lowest BCUT2D eigenvalue weighted by molar-refractivity contribution is 0.0214. The van der Waals surface area contributed by atoms with E-state index in [1.54, 1.807) is 0 Å². The molecule has 0 aliphatic carbocycles. The van der Waals surface area contributed by atoms with Crippen LogP contribution in [0.4, 0.5) is 4.79 Å². The monoisotopic (exact) mass is 366 g/mol. The van der Waals surface area contributed by atoms with Gasteiger partial charge in [0.1, 0.15) is 5.60 Å². The molecule has 0 radical (unpaired) electrons. The largest absolute Gasteiger partial charge is 0.444 e. The molecule has 1 N–H and O–H groups in total. The third kappa shape index (κ3) is 6.63. The minimum atomic E-state index is -0.429. The fourth-order valence-electron chi connectivity index (χ4n) is 3.56. The van der Waals surface area contributed by atoms with E-state index in [1.165, 1.54) is 9.75 Å². The van der Waals surface area contributed by atoms with Crippen LogP contribution in [0.15, 0.2) is 12.1 Å². The molecule has 0 saturated carbocycles. The van der Waals surface area contributed by atoms with Gasteiger partial charge in [-0.2, -0.15) is 0 Å². The summed E-state index contributed by atoms with van der Waals surface area (Å²) in [5, 5.41) is 3.70. The van der Waals surface area contributed by atoms with E-state index in [9.17, 15) is 4.79 Å². The second-order valence-corrected chi connectivity index (χ2v) is 9.76. The van der Waals surface area contributed by atoms with Crippen LogP contribution in [0.1, 0.15) is 63.6 Å². The molecule has 4 nitrogen and oxygen atoms in total. The van der Waals surface area contributed by atoms with Crippen LogP contribution in [0.3, 0.4) is 0 Å². The summed E-state index contributed by atoms with van der Waals surface area (Å²) in [5.74, 6) is 0. The van der Waals surface area contributed by atoms with Gasteiger partial charge in [-0.15, -0.1) is 11.3 Å². The molecule has 1 amide bonds. The second-order valence-electron chi connectivity index (χ2n) is 8.39. The highest BCUT2D eigenvalue weighted by Crippen LogP contribution is 2.24. The summed E-state index contributed by atoms with van der Waals surface area (Å²) in [6, 6.07) is 5.51. The Morgan fingerprint density at radius 2 is 2.08 bits per heavy atom. The van der Waals surface area contributed by atoms with Crippen molar-refractivity contribution in [2.24, 2.45) is 0 Å². The van der Waals surface area contributed by atoms with Gasteiger partial charge in [0.25, 0.3) is 0 Å². The van der Waals surface area contributed by atoms with Gasteiger partial charge in [-0.05, 0) is 79.4 Å². The maximum atomic E-state index is 12.4. The van der Waals surface area contributed by atoms with Crippen LogP contribution in [-0.2, 0) is 11.2 Å². The minimum Gasteiger partial charge on any atom is -0.444 e. The maximum absolute atomic E-state index is 12.4. The number of thiophene rings is 1. The van der Waals surface area contributed by atoms with Gasteiger partial charge in [0.15, 0.2) is 0 Å². The molecule has 2 heterocycles. The highest BCUT2D eigenvalue weighted by atomic mass is 32.1. The standard InChI is InChI=1S/C20H34N2O2S/c1-14(21-15(2)13-18-10-9-16(3)25-18)12-17-8-7-11-22(17)19(23)24-20(4,5)6/h9-10,14-15,17,21H,7-8,11-13H2,1-6H3. The normalized spacial score (nSPS) is 20.6. The van der Waals surface area contributed by atoms with Crippen molar-refractivity contribution in [3.05, 3.63) is 21.9 Å². The van der Waals surface area contributed by atoms with E-state index in [4.69, 9.17) is 4.74 Å². The summed E-state index contributed by atoms with van der Waals surface area (Å²) in [6.07, 6.45) is 4.02. The predicted octanol–water partition coefficient (Wildman–Crippen LogP) is 4.76. The predicted molar refractivity (Wildman–Crippen MR) is 105 cm³/mol. The van der Waals surface area contributed by atoms with Crippen LogP contribution in [0.25, 0.3) is 0 Å². The molecule has 1 aliphatic rings. The zero-order valence-corrected chi connectivity index (χ0v) is 17.4. The summed E-state index contributed by atoms with van der Waals surface area (Å²) in [4.78, 5) is 17.1. The fraction of sp³-hybridized carbons (Fsp3) is 0.750. The van der Waals surface area contributed by atoms with E-state index in [1.807, 2.05) is 37.0 Å². The number of rotatable bonds is 6. The third-order valence-electron chi connectivity index (χ3n) is 4.50. The van der Waals surface area contributed by atoms with Gasteiger partial charge in [-0.25, -0.2) is 4.79 Å². The third-order valence-corrected chi connectivity index (χ3v) is 5.53. The molecule has 1 fully saturated rings. The van der Waals surface area contributed by atoms with E-state index in [-0.39, 0.29) is 12.1 Å². The van der Waals surface area contributed by atoms with Gasteiger partial charge in [-0.3, -0.25) is 0 Å². The van der Waals surface area contributed by atoms with E-state index in [2.05, 4.69) is 38.2 Å². The summed E-state index contributed by atoms with van der Waals surface area (Å²) >= 11 is 1.88. The molecule has 1 saturated heterocycles. The van der Waals surface area contributed by atoms with E-state index >= 15 is 0 Å². The van der Waals surface area contributed by atoms with Crippen molar-refractivity contribution in [3.63, 3.8) is 0 Å². The lowest BCUT2D eigenvalue weighted by Crippen LogP contribution is -2.44. The Hall–Kier alpha value is -1.07. The lowest BCUT2D eigenvalue weighted by Gasteiger charge is -2.30. The Balaban J connectivity index is 1.82. The fourth-order valence-corrected chi connectivity index (χ4v) is 4.58. The molecule has 1 aromatic rings. The molecule has 1 aliphatic heterocycles. The lowest BCUT2D eigenvalue weighted by atomic mass is 10.0. The number of likely N-dealkylation sites (tertiary alicyclic amines) is 1. The number of nitrogens with zero attached hydrogens (tertiary/aromatic N) is 1. The van der Waals surface area contributed by atoms with E-state index < -0.39 is 5.60 Å². The van der Waals surface area contributed by atoms with Crippen LogP contribution < -0.4 is 5.32 Å². The highest BCUT2D eigenvalue weighted by Gasteiger charge is 2.33. The van der Waals surface area contributed by atoms with Gasteiger partial charge >= 0.3 is 6.09 Å². The molecule has 25 heavy (non-hydrogen) atoms. The highest BCUT2D eigenvalue weighted by molar-refractivity contribution is 7.11. The van der Waals surface area contributed by atoms with Crippen molar-refractivity contribution in [1.82, 2.24) is 10.2 Å². The molecule has 0 spiro atoms. The first kappa shape index (κ1) is 20.2. The van der Waals surface area contributed by atoms with Crippen LogP contribution >= 0.6 is 11.3 Å². The van der Waals surface area contributed by atoms with Crippen LogP contribution in [0.2, 0.25) is 0 Å². The Labute approximate surface area is 156 Å². The first-order valence-corrected chi connectivity index (χ1v) is 10.3. The van der Waals surface area contributed by atoms with Crippen LogP contribution in [-0.4, -0.2) is 41.3 Å². The summed E-state index contributed by atoms with van der Waals surface area (Å²) in [6.45, 7) is 13.2. The zero-order chi connectivity index (χ0) is 18.6. The average molecular weight is 367 g/mol. The molecule has 0 aromatic carbocycles. The number of nitrogens with one attached hydrogen (secondary N) is 1. The van der Waals surface area contributed by atoms with Crippen molar-refractivity contribution >= 4 is 17.4 Å². The Morgan fingerprint density at radius 3 is 2.68 bits per heavy atom. The molecular weight excluding hydrogens is 332 g/mol. The topological polar surface area (TPSA) is 41.6 Å². The summed E-state index contributed by atoms with van der Waals surface area (Å²) in [5.41, 5.74) is -0.429. The van der Waals surface area contributed by atoms with Gasteiger partial charge in [0.05, 0.1) is 0 Å². The summed E-state index contributed by atoms with van der Waals surface area (Å²) in [7, 11) is 0. The van der Waals surface area contributed by atoms with Crippen molar-refractivity contribution in [1.29, 1.82) is 0 Å². The summed E-state index contributed by atoms with van der Waals surface area (Å²) < 4.78 is 5.56. The van der Waals surface area contributed by atoms with Gasteiger partial charge in [-0.1, -0.05) is 0 Å². The van der Waals surface area contributed by atoms with E-state index in [0.717, 1.165) is 32.2 Å². The molecule has 2 rings (SSSR count). The first-order chi connectivity index (χ1) is 11.6. The first-order valence-electron chi connectivity index (χ1n) is 9.45. The number of amides is 1. The molecule has 3 atom stereocenters. The SMILES string of the molecule is Cc1ccc(CC(C)NC(C)CC2CCCN2C(=O)OC(C)(C)C)s1. The number of aryl methyl sites for hydroxylation is 1. The molecule has 1 aromatic heterocycles. The molecule has 3 unspecified atom stereocenters. The Bertz CT molecular complexity index is 564. The number of ether oxygens (including phenoxy) is 1. The number of hydrogen-bond donors (Lipinski definition) is 1. The number of carbonyl (C=O) groups is 1. The molecule has 142 valence electrons.